The number of rotatable bonds is 43. The van der Waals surface area contributed by atoms with Crippen LogP contribution in [0.2, 0.25) is 0 Å². The van der Waals surface area contributed by atoms with Crippen molar-refractivity contribution in [1.82, 2.24) is 0 Å². The number of quaternary nitrogens is 1. The van der Waals surface area contributed by atoms with Crippen molar-refractivity contribution in [3.05, 3.63) is 12.2 Å². The van der Waals surface area contributed by atoms with Crippen molar-refractivity contribution in [3.63, 3.8) is 0 Å². The third kappa shape index (κ3) is 37.6. The summed E-state index contributed by atoms with van der Waals surface area (Å²) in [5.74, 6) is -1.46. The van der Waals surface area contributed by atoms with Crippen molar-refractivity contribution in [2.24, 2.45) is 0 Å². The highest BCUT2D eigenvalue weighted by Gasteiger charge is 2.31. The Morgan fingerprint density at radius 2 is 0.893 bits per heavy atom. The van der Waals surface area contributed by atoms with E-state index in [1.807, 2.05) is 21.1 Å². The molecule has 2 atom stereocenters. The Hall–Kier alpha value is -1.93. The predicted octanol–water partition coefficient (Wildman–Crippen LogP) is 13.1. The third-order valence-corrected chi connectivity index (χ3v) is 10.9. The highest BCUT2D eigenvalue weighted by atomic mass is 16.6. The maximum Gasteiger partial charge on any atom is 0.362 e. The van der Waals surface area contributed by atoms with Gasteiger partial charge in [-0.15, -0.1) is 0 Å². The lowest BCUT2D eigenvalue weighted by molar-refractivity contribution is -0.887. The van der Waals surface area contributed by atoms with Crippen molar-refractivity contribution in [2.75, 3.05) is 41.0 Å². The maximum atomic E-state index is 12.7. The molecule has 56 heavy (non-hydrogen) atoms. The van der Waals surface area contributed by atoms with Crippen LogP contribution in [0.4, 0.5) is 0 Å². The van der Waals surface area contributed by atoms with Crippen LogP contribution < -0.4 is 0 Å². The van der Waals surface area contributed by atoms with Crippen molar-refractivity contribution in [1.29, 1.82) is 0 Å². The number of carbonyl (C=O) groups excluding carboxylic acids is 2. The molecule has 0 amide bonds. The number of carboxylic acid groups (broad SMARTS) is 1. The van der Waals surface area contributed by atoms with Gasteiger partial charge in [0.2, 0.25) is 0 Å². The Morgan fingerprint density at radius 1 is 0.518 bits per heavy atom. The fourth-order valence-electron chi connectivity index (χ4n) is 7.21. The summed E-state index contributed by atoms with van der Waals surface area (Å²) in [4.78, 5) is 36.9. The van der Waals surface area contributed by atoms with Crippen LogP contribution in [0.25, 0.3) is 0 Å². The highest BCUT2D eigenvalue weighted by molar-refractivity contribution is 5.72. The molecular weight excluding hydrogens is 703 g/mol. The van der Waals surface area contributed by atoms with Gasteiger partial charge in [0.05, 0.1) is 34.4 Å². The van der Waals surface area contributed by atoms with Crippen LogP contribution in [0.3, 0.4) is 0 Å². The van der Waals surface area contributed by atoms with E-state index < -0.39 is 18.1 Å². The number of hydrogen-bond acceptors (Lipinski definition) is 6. The second-order valence-electron chi connectivity index (χ2n) is 17.4. The Bertz CT molecular complexity index is 931. The van der Waals surface area contributed by atoms with Gasteiger partial charge in [-0.2, -0.15) is 0 Å². The van der Waals surface area contributed by atoms with Gasteiger partial charge in [-0.1, -0.05) is 180 Å². The summed E-state index contributed by atoms with van der Waals surface area (Å²) >= 11 is 0. The van der Waals surface area contributed by atoms with Crippen molar-refractivity contribution in [2.45, 2.75) is 238 Å². The highest BCUT2D eigenvalue weighted by Crippen LogP contribution is 2.15. The van der Waals surface area contributed by atoms with Crippen LogP contribution in [0.15, 0.2) is 12.2 Å². The topological polar surface area (TPSA) is 99.1 Å². The molecule has 0 bridgehead atoms. The molecule has 8 heteroatoms. The van der Waals surface area contributed by atoms with Gasteiger partial charge in [0, 0.05) is 19.3 Å². The predicted molar refractivity (Wildman–Crippen MR) is 234 cm³/mol. The van der Waals surface area contributed by atoms with Gasteiger partial charge in [0.15, 0.2) is 12.1 Å². The molecule has 0 aliphatic heterocycles. The summed E-state index contributed by atoms with van der Waals surface area (Å²) in [6.45, 7) is 4.75. The molecule has 330 valence electrons. The van der Waals surface area contributed by atoms with Gasteiger partial charge >= 0.3 is 17.9 Å². The number of nitrogens with zero attached hydrogens (tertiary/aromatic N) is 1. The molecule has 0 rings (SSSR count). The zero-order valence-electron chi connectivity index (χ0n) is 37.6. The number of carboxylic acids is 1. The molecule has 0 fully saturated rings. The van der Waals surface area contributed by atoms with E-state index in [0.29, 0.717) is 19.3 Å². The molecule has 0 saturated heterocycles. The van der Waals surface area contributed by atoms with Gasteiger partial charge in [0.25, 0.3) is 0 Å². The van der Waals surface area contributed by atoms with Crippen LogP contribution in [0.1, 0.15) is 226 Å². The number of hydrogen-bond donors (Lipinski definition) is 1. The molecule has 0 radical (unpaired) electrons. The minimum atomic E-state index is -0.873. The zero-order valence-corrected chi connectivity index (χ0v) is 37.6. The molecule has 8 nitrogen and oxygen atoms in total. The summed E-state index contributed by atoms with van der Waals surface area (Å²) in [5.41, 5.74) is 0. The second-order valence-corrected chi connectivity index (χ2v) is 17.4. The van der Waals surface area contributed by atoms with E-state index in [-0.39, 0.29) is 36.2 Å². The van der Waals surface area contributed by atoms with E-state index in [9.17, 15) is 19.5 Å². The minimum absolute atomic E-state index is 0.0471. The van der Waals surface area contributed by atoms with E-state index >= 15 is 0 Å². The van der Waals surface area contributed by atoms with Crippen LogP contribution in [-0.4, -0.2) is 80.6 Å². The summed E-state index contributed by atoms with van der Waals surface area (Å²) < 4.78 is 17.3. The first-order chi connectivity index (χ1) is 27.1. The molecule has 0 heterocycles. The average Bonchev–Trinajstić information content (AvgIpc) is 3.15. The molecule has 0 aliphatic rings. The summed E-state index contributed by atoms with van der Waals surface area (Å²) in [6, 6.07) is -0.611. The van der Waals surface area contributed by atoms with Gasteiger partial charge < -0.3 is 23.8 Å². The third-order valence-electron chi connectivity index (χ3n) is 10.9. The number of carbonyl (C=O) groups is 3. The first kappa shape index (κ1) is 54.1. The lowest BCUT2D eigenvalue weighted by Gasteiger charge is -2.31. The molecule has 0 aromatic heterocycles. The smallest absolute Gasteiger partial charge is 0.362 e. The number of aliphatic carboxylic acids is 1. The van der Waals surface area contributed by atoms with Crippen LogP contribution in [0, 0.1) is 0 Å². The standard InChI is InChI=1S/C48H91NO7/c1-6-8-10-12-14-16-18-19-20-21-22-23-24-25-26-27-28-29-31-33-35-37-39-47(51)56-44(42-54-41-40-45(48(52)53)49(3,4)5)43-55-46(50)38-36-34-32-30-17-15-13-11-9-7-2/h24-25,44-45H,6-23,26-43H2,1-5H3/p+1/b25-24+. The lowest BCUT2D eigenvalue weighted by Crippen LogP contribution is -2.50. The fraction of sp³-hybridized carbons (Fsp3) is 0.896. The number of allylic oxidation sites excluding steroid dienone is 2. The molecule has 0 aliphatic carbocycles. The van der Waals surface area contributed by atoms with Gasteiger partial charge in [-0.25, -0.2) is 4.79 Å². The molecule has 1 N–H and O–H groups in total. The lowest BCUT2D eigenvalue weighted by atomic mass is 10.0. The second kappa shape index (κ2) is 39.9. The Morgan fingerprint density at radius 3 is 1.29 bits per heavy atom. The van der Waals surface area contributed by atoms with Crippen LogP contribution in [0.5, 0.6) is 0 Å². The van der Waals surface area contributed by atoms with Gasteiger partial charge in [-0.05, 0) is 38.5 Å². The van der Waals surface area contributed by atoms with Gasteiger partial charge in [0.1, 0.15) is 6.61 Å². The summed E-state index contributed by atoms with van der Waals surface area (Å²) in [6.07, 6.45) is 42.6. The monoisotopic (exact) mass is 795 g/mol. The van der Waals surface area contributed by atoms with E-state index in [1.54, 1.807) is 0 Å². The zero-order chi connectivity index (χ0) is 41.4. The van der Waals surface area contributed by atoms with Crippen molar-refractivity contribution < 1.29 is 38.2 Å². The van der Waals surface area contributed by atoms with E-state index in [4.69, 9.17) is 14.2 Å². The van der Waals surface area contributed by atoms with Crippen LogP contribution >= 0.6 is 0 Å². The van der Waals surface area contributed by atoms with Crippen LogP contribution in [-0.2, 0) is 28.6 Å². The van der Waals surface area contributed by atoms with E-state index in [2.05, 4.69) is 26.0 Å². The average molecular weight is 795 g/mol. The van der Waals surface area contributed by atoms with Gasteiger partial charge in [-0.3, -0.25) is 9.59 Å². The largest absolute Gasteiger partial charge is 0.477 e. The number of likely N-dealkylation sites (N-methyl/N-ethyl adjacent to an activating group) is 1. The Kier molecular flexibility index (Phi) is 38.5. The number of unbranched alkanes of at least 4 members (excludes halogenated alkanes) is 27. The van der Waals surface area contributed by atoms with E-state index in [0.717, 1.165) is 38.5 Å². The Labute approximate surface area is 346 Å². The first-order valence-electron chi connectivity index (χ1n) is 23.7. The Balaban J connectivity index is 4.19. The molecule has 0 spiro atoms. The molecular formula is C48H92NO7+. The normalized spacial score (nSPS) is 12.9. The number of esters is 2. The van der Waals surface area contributed by atoms with Crippen molar-refractivity contribution in [3.8, 4) is 0 Å². The maximum absolute atomic E-state index is 12.7. The molecule has 0 aromatic rings. The molecule has 0 aromatic carbocycles. The van der Waals surface area contributed by atoms with Crippen molar-refractivity contribution >= 4 is 17.9 Å². The number of ether oxygens (including phenoxy) is 3. The quantitative estimate of drug-likeness (QED) is 0.0284. The molecule has 2 unspecified atom stereocenters. The fourth-order valence-corrected chi connectivity index (χ4v) is 7.21. The van der Waals surface area contributed by atoms with E-state index in [1.165, 1.54) is 154 Å². The first-order valence-corrected chi connectivity index (χ1v) is 23.7. The molecule has 0 saturated carbocycles. The summed E-state index contributed by atoms with van der Waals surface area (Å²) in [5, 5.41) is 9.62. The minimum Gasteiger partial charge on any atom is -0.477 e. The summed E-state index contributed by atoms with van der Waals surface area (Å²) in [7, 11) is 5.53. The SMILES string of the molecule is CCCCCCCCCCCCC/C=C/CCCCCCCCCC(=O)OC(COCCC(C(=O)O)[N+](C)(C)C)COC(=O)CCCCCCCCCCCC.